The summed E-state index contributed by atoms with van der Waals surface area (Å²) in [6.45, 7) is 7.14. The monoisotopic (exact) mass is 425 g/mol. The van der Waals surface area contributed by atoms with E-state index in [0.717, 1.165) is 30.9 Å². The Labute approximate surface area is 183 Å². The van der Waals surface area contributed by atoms with Crippen molar-refractivity contribution in [2.24, 2.45) is 5.73 Å². The van der Waals surface area contributed by atoms with Crippen LogP contribution >= 0.6 is 0 Å². The largest absolute Gasteiger partial charge is 0.351 e. The number of halogens is 1. The lowest BCUT2D eigenvalue weighted by Gasteiger charge is -2.40. The fourth-order valence-electron chi connectivity index (χ4n) is 4.79. The maximum Gasteiger partial charge on any atom is 0.324 e. The van der Waals surface area contributed by atoms with E-state index in [1.54, 1.807) is 24.3 Å². The Kier molecular flexibility index (Phi) is 6.83. The van der Waals surface area contributed by atoms with Gasteiger partial charge in [-0.3, -0.25) is 14.8 Å². The standard InChI is InChI=1S/C24H32FN5O/c1-18-5-7-21(16-27-18)30(24(26)31)23-15-19(6-8-22(23)25)17-28-13-9-20(10-14-28)29-11-3-2-4-12-29/h5-8,15-16,20H,2-4,9-14,17H2,1H3,(H2,26,31). The number of carbonyl (C=O) groups excluding carboxylic acids is 1. The van der Waals surface area contributed by atoms with Gasteiger partial charge < -0.3 is 10.6 Å². The normalized spacial score (nSPS) is 18.8. The van der Waals surface area contributed by atoms with Crippen molar-refractivity contribution in [1.29, 1.82) is 0 Å². The zero-order valence-electron chi connectivity index (χ0n) is 18.3. The summed E-state index contributed by atoms with van der Waals surface area (Å²) in [7, 11) is 0. The molecule has 0 aliphatic carbocycles. The SMILES string of the molecule is Cc1ccc(N(C(N)=O)c2cc(CN3CCC(N4CCCCC4)CC3)ccc2F)cn1. The average molecular weight is 426 g/mol. The van der Waals surface area contributed by atoms with Crippen LogP contribution in [0.1, 0.15) is 43.4 Å². The van der Waals surface area contributed by atoms with Crippen LogP contribution in [-0.4, -0.2) is 53.0 Å². The summed E-state index contributed by atoms with van der Waals surface area (Å²) in [5.74, 6) is -0.480. The van der Waals surface area contributed by atoms with Crippen molar-refractivity contribution in [3.63, 3.8) is 0 Å². The molecule has 2 saturated heterocycles. The third-order valence-electron chi connectivity index (χ3n) is 6.50. The third-order valence-corrected chi connectivity index (χ3v) is 6.50. The number of hydrogen-bond donors (Lipinski definition) is 1. The second kappa shape index (κ2) is 9.75. The summed E-state index contributed by atoms with van der Waals surface area (Å²) in [5.41, 5.74) is 8.01. The molecular weight excluding hydrogens is 393 g/mol. The molecule has 166 valence electrons. The number of rotatable bonds is 5. The number of nitrogens with zero attached hydrogens (tertiary/aromatic N) is 4. The first kappa shape index (κ1) is 21.7. The van der Waals surface area contributed by atoms with Crippen molar-refractivity contribution in [3.05, 3.63) is 53.6 Å². The number of aryl methyl sites for hydroxylation is 1. The van der Waals surface area contributed by atoms with E-state index in [4.69, 9.17) is 5.73 Å². The molecule has 0 spiro atoms. The lowest BCUT2D eigenvalue weighted by Crippen LogP contribution is -2.46. The van der Waals surface area contributed by atoms with Gasteiger partial charge >= 0.3 is 6.03 Å². The van der Waals surface area contributed by atoms with E-state index in [-0.39, 0.29) is 5.69 Å². The van der Waals surface area contributed by atoms with Crippen molar-refractivity contribution in [3.8, 4) is 0 Å². The number of piperidine rings is 2. The molecule has 1 aromatic carbocycles. The molecule has 2 N–H and O–H groups in total. The quantitative estimate of drug-likeness (QED) is 0.780. The van der Waals surface area contributed by atoms with E-state index in [2.05, 4.69) is 14.8 Å². The molecular formula is C24H32FN5O. The number of pyridine rings is 1. The number of likely N-dealkylation sites (tertiary alicyclic amines) is 2. The van der Waals surface area contributed by atoms with Gasteiger partial charge in [0.15, 0.2) is 0 Å². The van der Waals surface area contributed by atoms with E-state index in [1.807, 2.05) is 6.92 Å². The van der Waals surface area contributed by atoms with Crippen molar-refractivity contribution >= 4 is 17.4 Å². The molecule has 7 heteroatoms. The molecule has 0 radical (unpaired) electrons. The maximum atomic E-state index is 14.7. The first-order valence-electron chi connectivity index (χ1n) is 11.3. The second-order valence-electron chi connectivity index (χ2n) is 8.72. The molecule has 2 aromatic rings. The maximum absolute atomic E-state index is 14.7. The van der Waals surface area contributed by atoms with Crippen LogP contribution in [0.15, 0.2) is 36.5 Å². The summed E-state index contributed by atoms with van der Waals surface area (Å²) in [6.07, 6.45) is 7.91. The Morgan fingerprint density at radius 1 is 1.13 bits per heavy atom. The molecule has 2 aliphatic heterocycles. The highest BCUT2D eigenvalue weighted by molar-refractivity contribution is 5.98. The van der Waals surface area contributed by atoms with Gasteiger partial charge in [0.2, 0.25) is 0 Å². The van der Waals surface area contributed by atoms with Gasteiger partial charge in [-0.15, -0.1) is 0 Å². The van der Waals surface area contributed by atoms with Gasteiger partial charge in [-0.1, -0.05) is 12.5 Å². The molecule has 0 atom stereocenters. The fraction of sp³-hybridized carbons (Fsp3) is 0.500. The van der Waals surface area contributed by atoms with Gasteiger partial charge in [0.25, 0.3) is 0 Å². The number of benzene rings is 1. The Morgan fingerprint density at radius 3 is 2.52 bits per heavy atom. The van der Waals surface area contributed by atoms with Crippen LogP contribution in [0.3, 0.4) is 0 Å². The Morgan fingerprint density at radius 2 is 1.87 bits per heavy atom. The van der Waals surface area contributed by atoms with Gasteiger partial charge in [0.05, 0.1) is 17.6 Å². The molecule has 3 heterocycles. The summed E-state index contributed by atoms with van der Waals surface area (Å²) >= 11 is 0. The lowest BCUT2D eigenvalue weighted by molar-refractivity contribution is 0.0896. The molecule has 0 saturated carbocycles. The van der Waals surface area contributed by atoms with Crippen molar-refractivity contribution < 1.29 is 9.18 Å². The number of nitrogens with two attached hydrogens (primary N) is 1. The first-order valence-corrected chi connectivity index (χ1v) is 11.3. The second-order valence-corrected chi connectivity index (χ2v) is 8.72. The summed E-state index contributed by atoms with van der Waals surface area (Å²) < 4.78 is 14.7. The zero-order chi connectivity index (χ0) is 21.8. The van der Waals surface area contributed by atoms with Crippen LogP contribution in [0.5, 0.6) is 0 Å². The molecule has 0 bridgehead atoms. The number of amides is 2. The molecule has 4 rings (SSSR count). The molecule has 0 unspecified atom stereocenters. The number of aromatic nitrogens is 1. The van der Waals surface area contributed by atoms with Crippen LogP contribution in [0, 0.1) is 12.7 Å². The minimum absolute atomic E-state index is 0.166. The summed E-state index contributed by atoms with van der Waals surface area (Å²) in [4.78, 5) is 22.6. The molecule has 1 aromatic heterocycles. The highest BCUT2D eigenvalue weighted by atomic mass is 19.1. The number of hydrogen-bond acceptors (Lipinski definition) is 4. The Hall–Kier alpha value is -2.51. The van der Waals surface area contributed by atoms with Crippen LogP contribution < -0.4 is 10.6 Å². The van der Waals surface area contributed by atoms with Gasteiger partial charge in [0.1, 0.15) is 5.82 Å². The molecule has 31 heavy (non-hydrogen) atoms. The zero-order valence-corrected chi connectivity index (χ0v) is 18.3. The molecule has 6 nitrogen and oxygen atoms in total. The number of anilines is 2. The van der Waals surface area contributed by atoms with E-state index >= 15 is 0 Å². The molecule has 2 fully saturated rings. The summed E-state index contributed by atoms with van der Waals surface area (Å²) in [5, 5.41) is 0. The van der Waals surface area contributed by atoms with E-state index < -0.39 is 11.8 Å². The number of primary amides is 1. The minimum atomic E-state index is -0.732. The molecule has 2 amide bonds. The number of carbonyl (C=O) groups is 1. The van der Waals surface area contributed by atoms with Gasteiger partial charge in [-0.05, 0) is 88.6 Å². The third kappa shape index (κ3) is 5.22. The Balaban J connectivity index is 1.45. The lowest BCUT2D eigenvalue weighted by atomic mass is 9.99. The minimum Gasteiger partial charge on any atom is -0.351 e. The first-order chi connectivity index (χ1) is 15.0. The number of urea groups is 1. The smallest absolute Gasteiger partial charge is 0.324 e. The van der Waals surface area contributed by atoms with Gasteiger partial charge in [0, 0.05) is 18.3 Å². The Bertz CT molecular complexity index is 889. The van der Waals surface area contributed by atoms with Crippen LogP contribution in [0.25, 0.3) is 0 Å². The van der Waals surface area contributed by atoms with Crippen molar-refractivity contribution in [1.82, 2.24) is 14.8 Å². The predicted molar refractivity (Wildman–Crippen MR) is 121 cm³/mol. The fourth-order valence-corrected chi connectivity index (χ4v) is 4.79. The molecule has 2 aliphatic rings. The van der Waals surface area contributed by atoms with E-state index in [9.17, 15) is 9.18 Å². The summed E-state index contributed by atoms with van der Waals surface area (Å²) in [6, 6.07) is 8.41. The van der Waals surface area contributed by atoms with Gasteiger partial charge in [-0.25, -0.2) is 9.18 Å². The highest BCUT2D eigenvalue weighted by Gasteiger charge is 2.26. The van der Waals surface area contributed by atoms with E-state index in [1.165, 1.54) is 62.4 Å². The van der Waals surface area contributed by atoms with Crippen molar-refractivity contribution in [2.75, 3.05) is 31.1 Å². The average Bonchev–Trinajstić information content (AvgIpc) is 2.78. The van der Waals surface area contributed by atoms with Crippen LogP contribution in [-0.2, 0) is 6.54 Å². The topological polar surface area (TPSA) is 65.7 Å². The van der Waals surface area contributed by atoms with Gasteiger partial charge in [-0.2, -0.15) is 0 Å². The van der Waals surface area contributed by atoms with Crippen LogP contribution in [0.2, 0.25) is 0 Å². The predicted octanol–water partition coefficient (Wildman–Crippen LogP) is 4.20. The van der Waals surface area contributed by atoms with Crippen LogP contribution in [0.4, 0.5) is 20.6 Å². The highest BCUT2D eigenvalue weighted by Crippen LogP contribution is 2.29. The van der Waals surface area contributed by atoms with Crippen molar-refractivity contribution in [2.45, 2.75) is 51.6 Å². The van der Waals surface area contributed by atoms with E-state index in [0.29, 0.717) is 11.7 Å².